The number of esters is 1. The van der Waals surface area contributed by atoms with E-state index >= 15 is 0 Å². The van der Waals surface area contributed by atoms with E-state index < -0.39 is 29.1 Å². The molecule has 0 saturated heterocycles. The molecule has 0 saturated carbocycles. The number of halogens is 3. The zero-order chi connectivity index (χ0) is 21.6. The SMILES string of the molecule is CC(C)(C)OC(=O)c1ccc(-c2cc(C#N)cc3c(C(F)(F)F)coc23)cc1O. The van der Waals surface area contributed by atoms with E-state index in [1.165, 1.54) is 24.3 Å². The summed E-state index contributed by atoms with van der Waals surface area (Å²) in [5.74, 6) is -1.15. The second kappa shape index (κ2) is 6.85. The lowest BCUT2D eigenvalue weighted by Crippen LogP contribution is -2.23. The number of benzene rings is 2. The highest BCUT2D eigenvalue weighted by atomic mass is 19.4. The highest BCUT2D eigenvalue weighted by Crippen LogP contribution is 2.41. The van der Waals surface area contributed by atoms with Crippen molar-refractivity contribution in [3.05, 3.63) is 53.3 Å². The van der Waals surface area contributed by atoms with E-state index in [4.69, 9.17) is 9.15 Å². The Morgan fingerprint density at radius 3 is 2.41 bits per heavy atom. The van der Waals surface area contributed by atoms with Gasteiger partial charge in [-0.2, -0.15) is 18.4 Å². The van der Waals surface area contributed by atoms with E-state index in [1.807, 2.05) is 6.07 Å². The number of nitriles is 1. The Balaban J connectivity index is 2.14. The summed E-state index contributed by atoms with van der Waals surface area (Å²) in [7, 11) is 0. The number of hydrogen-bond acceptors (Lipinski definition) is 5. The van der Waals surface area contributed by atoms with Crippen LogP contribution in [0.25, 0.3) is 22.1 Å². The molecular formula is C21H16F3NO4. The predicted molar refractivity (Wildman–Crippen MR) is 98.2 cm³/mol. The maximum Gasteiger partial charge on any atom is 0.420 e. The van der Waals surface area contributed by atoms with Crippen molar-refractivity contribution in [3.63, 3.8) is 0 Å². The third-order valence-electron chi connectivity index (χ3n) is 4.04. The second-order valence-electron chi connectivity index (χ2n) is 7.39. The molecule has 0 aliphatic heterocycles. The van der Waals surface area contributed by atoms with Crippen molar-refractivity contribution in [2.45, 2.75) is 32.5 Å². The quantitative estimate of drug-likeness (QED) is 0.559. The molecule has 0 aliphatic carbocycles. The van der Waals surface area contributed by atoms with Crippen LogP contribution in [-0.2, 0) is 10.9 Å². The Morgan fingerprint density at radius 2 is 1.86 bits per heavy atom. The zero-order valence-electron chi connectivity index (χ0n) is 15.7. The lowest BCUT2D eigenvalue weighted by Gasteiger charge is -2.20. The lowest BCUT2D eigenvalue weighted by atomic mass is 9.98. The molecular weight excluding hydrogens is 387 g/mol. The van der Waals surface area contributed by atoms with Crippen LogP contribution in [0.15, 0.2) is 41.0 Å². The monoisotopic (exact) mass is 403 g/mol. The number of nitrogens with zero attached hydrogens (tertiary/aromatic N) is 1. The van der Waals surface area contributed by atoms with Crippen molar-refractivity contribution in [2.24, 2.45) is 0 Å². The molecule has 3 rings (SSSR count). The molecule has 0 spiro atoms. The fourth-order valence-electron chi connectivity index (χ4n) is 2.84. The first-order chi connectivity index (χ1) is 13.4. The first-order valence-electron chi connectivity index (χ1n) is 8.50. The van der Waals surface area contributed by atoms with Crippen LogP contribution in [-0.4, -0.2) is 16.7 Å². The summed E-state index contributed by atoms with van der Waals surface area (Å²) in [5, 5.41) is 19.2. The number of furan rings is 1. The van der Waals surface area contributed by atoms with Gasteiger partial charge in [-0.25, -0.2) is 4.79 Å². The molecule has 3 aromatic rings. The lowest BCUT2D eigenvalue weighted by molar-refractivity contribution is -0.136. The molecule has 0 unspecified atom stereocenters. The van der Waals surface area contributed by atoms with E-state index in [0.29, 0.717) is 6.26 Å². The van der Waals surface area contributed by atoms with Crippen molar-refractivity contribution in [1.82, 2.24) is 0 Å². The van der Waals surface area contributed by atoms with E-state index in [9.17, 15) is 28.3 Å². The molecule has 0 aliphatic rings. The smallest absolute Gasteiger partial charge is 0.420 e. The number of rotatable bonds is 2. The third kappa shape index (κ3) is 4.04. The molecule has 8 heteroatoms. The van der Waals surface area contributed by atoms with Crippen LogP contribution in [0, 0.1) is 11.3 Å². The molecule has 1 N–H and O–H groups in total. The fraction of sp³-hybridized carbons (Fsp3) is 0.238. The topological polar surface area (TPSA) is 83.5 Å². The molecule has 5 nitrogen and oxygen atoms in total. The number of alkyl halides is 3. The molecule has 2 aromatic carbocycles. The second-order valence-corrected chi connectivity index (χ2v) is 7.39. The van der Waals surface area contributed by atoms with Crippen LogP contribution in [0.3, 0.4) is 0 Å². The van der Waals surface area contributed by atoms with Gasteiger partial charge < -0.3 is 14.3 Å². The van der Waals surface area contributed by atoms with E-state index in [2.05, 4.69) is 0 Å². The number of phenols is 1. The standard InChI is InChI=1S/C21H16F3NO4/c1-20(2,3)29-19(27)13-5-4-12(8-17(13)26)14-6-11(9-25)7-15-16(21(22,23)24)10-28-18(14)15/h4-8,10,26H,1-3H3. The molecule has 1 aromatic heterocycles. The van der Waals surface area contributed by atoms with Gasteiger partial charge in [0.2, 0.25) is 0 Å². The number of fused-ring (bicyclic) bond motifs is 1. The van der Waals surface area contributed by atoms with Crippen molar-refractivity contribution in [3.8, 4) is 22.9 Å². The summed E-state index contributed by atoms with van der Waals surface area (Å²) >= 11 is 0. The largest absolute Gasteiger partial charge is 0.507 e. The third-order valence-corrected chi connectivity index (χ3v) is 4.04. The van der Waals surface area contributed by atoms with Crippen LogP contribution >= 0.6 is 0 Å². The van der Waals surface area contributed by atoms with Gasteiger partial charge in [0, 0.05) is 10.9 Å². The average molecular weight is 403 g/mol. The van der Waals surface area contributed by atoms with E-state index in [0.717, 1.165) is 6.07 Å². The van der Waals surface area contributed by atoms with Crippen LogP contribution in [0.1, 0.15) is 42.3 Å². The van der Waals surface area contributed by atoms with Crippen molar-refractivity contribution < 1.29 is 32.2 Å². The highest BCUT2D eigenvalue weighted by Gasteiger charge is 2.35. The van der Waals surface area contributed by atoms with Gasteiger partial charge in [0.1, 0.15) is 34.3 Å². The number of carbonyl (C=O) groups is 1. The number of ether oxygens (including phenoxy) is 1. The van der Waals surface area contributed by atoms with Crippen LogP contribution in [0.5, 0.6) is 5.75 Å². The summed E-state index contributed by atoms with van der Waals surface area (Å²) in [5.41, 5.74) is -1.49. The predicted octanol–water partition coefficient (Wildman–Crippen LogP) is 5.65. The van der Waals surface area contributed by atoms with Gasteiger partial charge in [-0.05, 0) is 50.6 Å². The average Bonchev–Trinajstić information content (AvgIpc) is 3.03. The van der Waals surface area contributed by atoms with Crippen LogP contribution < -0.4 is 0 Å². The maximum atomic E-state index is 13.2. The minimum atomic E-state index is -4.65. The molecule has 0 fully saturated rings. The van der Waals surface area contributed by atoms with Gasteiger partial charge in [-0.1, -0.05) is 6.07 Å². The molecule has 0 bridgehead atoms. The molecule has 0 amide bonds. The summed E-state index contributed by atoms with van der Waals surface area (Å²) in [6, 6.07) is 8.23. The normalized spacial score (nSPS) is 12.0. The first-order valence-corrected chi connectivity index (χ1v) is 8.50. The molecule has 0 radical (unpaired) electrons. The minimum Gasteiger partial charge on any atom is -0.507 e. The summed E-state index contributed by atoms with van der Waals surface area (Å²) < 4.78 is 50.0. The summed E-state index contributed by atoms with van der Waals surface area (Å²) in [6.45, 7) is 5.03. The Bertz CT molecular complexity index is 1150. The van der Waals surface area contributed by atoms with Gasteiger partial charge in [0.25, 0.3) is 0 Å². The van der Waals surface area contributed by atoms with Gasteiger partial charge in [-0.15, -0.1) is 0 Å². The number of hydrogen-bond donors (Lipinski definition) is 1. The van der Waals surface area contributed by atoms with E-state index in [-0.39, 0.29) is 33.2 Å². The fourth-order valence-corrected chi connectivity index (χ4v) is 2.84. The molecule has 1 heterocycles. The van der Waals surface area contributed by atoms with Gasteiger partial charge in [0.15, 0.2) is 0 Å². The molecule has 150 valence electrons. The van der Waals surface area contributed by atoms with Crippen LogP contribution in [0.2, 0.25) is 0 Å². The van der Waals surface area contributed by atoms with Gasteiger partial charge >= 0.3 is 12.1 Å². The molecule has 29 heavy (non-hydrogen) atoms. The first kappa shape index (κ1) is 20.3. The minimum absolute atomic E-state index is 0.00453. The van der Waals surface area contributed by atoms with Crippen molar-refractivity contribution in [1.29, 1.82) is 5.26 Å². The number of carbonyl (C=O) groups excluding carboxylic acids is 1. The number of aromatic hydroxyl groups is 1. The Labute approximate surface area is 163 Å². The highest BCUT2D eigenvalue weighted by molar-refractivity contribution is 5.98. The zero-order valence-corrected chi connectivity index (χ0v) is 15.7. The summed E-state index contributed by atoms with van der Waals surface area (Å²) in [6.07, 6.45) is -4.07. The Hall–Kier alpha value is -3.47. The van der Waals surface area contributed by atoms with Crippen LogP contribution in [0.4, 0.5) is 13.2 Å². The van der Waals surface area contributed by atoms with Gasteiger partial charge in [-0.3, -0.25) is 0 Å². The van der Waals surface area contributed by atoms with Crippen molar-refractivity contribution >= 4 is 16.9 Å². The van der Waals surface area contributed by atoms with Gasteiger partial charge in [0.05, 0.1) is 11.6 Å². The Morgan fingerprint density at radius 1 is 1.17 bits per heavy atom. The van der Waals surface area contributed by atoms with E-state index in [1.54, 1.807) is 20.8 Å². The molecule has 0 atom stereocenters. The Kier molecular flexibility index (Phi) is 4.79. The number of phenolic OH excluding ortho intramolecular Hbond substituents is 1. The van der Waals surface area contributed by atoms with Crippen molar-refractivity contribution in [2.75, 3.05) is 0 Å². The summed E-state index contributed by atoms with van der Waals surface area (Å²) in [4.78, 5) is 12.2. The maximum absolute atomic E-state index is 13.2.